The van der Waals surface area contributed by atoms with Crippen LogP contribution in [0, 0.1) is 0 Å². The first kappa shape index (κ1) is 18.8. The predicted molar refractivity (Wildman–Crippen MR) is 90.5 cm³/mol. The molecule has 0 aromatic heterocycles. The summed E-state index contributed by atoms with van der Waals surface area (Å²) >= 11 is 0.226. The number of hydrogen-bond donors (Lipinski definition) is 2. The van der Waals surface area contributed by atoms with E-state index in [1.165, 1.54) is 31.5 Å². The maximum atomic E-state index is 10.5. The number of ether oxygens (including phenoxy) is 1. The lowest BCUT2D eigenvalue weighted by Gasteiger charge is -2.18. The molecule has 2 rings (SSSR count). The maximum Gasteiger partial charge on any atom is 0.419 e. The first-order chi connectivity index (χ1) is 10.4. The van der Waals surface area contributed by atoms with Gasteiger partial charge in [-0.15, -0.1) is 0 Å². The van der Waals surface area contributed by atoms with E-state index in [2.05, 4.69) is 35.2 Å². The summed E-state index contributed by atoms with van der Waals surface area (Å²) in [5, 5.41) is 0. The molecule has 1 aromatic carbocycles. The molecule has 0 unspecified atom stereocenters. The Bertz CT molecular complexity index is 429. The van der Waals surface area contributed by atoms with Crippen LogP contribution < -0.4 is 4.72 Å². The van der Waals surface area contributed by atoms with Gasteiger partial charge in [-0.3, -0.25) is 4.90 Å². The van der Waals surface area contributed by atoms with Crippen LogP contribution in [0.5, 0.6) is 0 Å². The summed E-state index contributed by atoms with van der Waals surface area (Å²) in [5.74, 6) is 0. The molecule has 1 aromatic rings. The van der Waals surface area contributed by atoms with E-state index in [-0.39, 0.29) is 12.2 Å². The van der Waals surface area contributed by atoms with E-state index >= 15 is 0 Å². The van der Waals surface area contributed by atoms with Crippen molar-refractivity contribution in [1.82, 2.24) is 9.62 Å². The number of carbonyl (C=O) groups is 1. The van der Waals surface area contributed by atoms with E-state index in [4.69, 9.17) is 9.29 Å². The van der Waals surface area contributed by atoms with Gasteiger partial charge in [0.05, 0.1) is 0 Å². The van der Waals surface area contributed by atoms with Crippen LogP contribution in [0.1, 0.15) is 39.2 Å². The minimum atomic E-state index is -0.639. The molecule has 124 valence electrons. The van der Waals surface area contributed by atoms with Gasteiger partial charge in [0, 0.05) is 6.54 Å². The van der Waals surface area contributed by atoms with Gasteiger partial charge < -0.3 is 9.29 Å². The summed E-state index contributed by atoms with van der Waals surface area (Å²) in [6.07, 6.45) is 2.12. The molecule has 1 fully saturated rings. The summed E-state index contributed by atoms with van der Waals surface area (Å²) in [6, 6.07) is 10.7. The monoisotopic (exact) mass is 326 g/mol. The van der Waals surface area contributed by atoms with Gasteiger partial charge in [-0.05, 0) is 52.3 Å². The highest BCUT2D eigenvalue weighted by Crippen LogP contribution is 2.11. The highest BCUT2D eigenvalue weighted by atomic mass is 32.2. The Labute approximate surface area is 137 Å². The van der Waals surface area contributed by atoms with Gasteiger partial charge in [0.25, 0.3) is 0 Å². The van der Waals surface area contributed by atoms with Crippen LogP contribution in [0.2, 0.25) is 0 Å². The quantitative estimate of drug-likeness (QED) is 0.651. The first-order valence-electron chi connectivity index (χ1n) is 7.46. The van der Waals surface area contributed by atoms with Gasteiger partial charge >= 0.3 is 6.09 Å². The second kappa shape index (κ2) is 9.71. The summed E-state index contributed by atoms with van der Waals surface area (Å²) < 4.78 is 14.9. The van der Waals surface area contributed by atoms with Gasteiger partial charge in [-0.2, -0.15) is 0 Å². The number of nitrogens with one attached hydrogen (secondary N) is 1. The molecular weight excluding hydrogens is 300 g/mol. The zero-order chi connectivity index (χ0) is 16.4. The van der Waals surface area contributed by atoms with Crippen molar-refractivity contribution in [3.05, 3.63) is 35.9 Å². The zero-order valence-electron chi connectivity index (χ0n) is 13.5. The second-order valence-corrected chi connectivity index (χ2v) is 6.55. The van der Waals surface area contributed by atoms with Crippen LogP contribution >= 0.6 is 12.2 Å². The van der Waals surface area contributed by atoms with Crippen molar-refractivity contribution in [1.29, 1.82) is 0 Å². The lowest BCUT2D eigenvalue weighted by molar-refractivity contribution is 0.0572. The third kappa shape index (κ3) is 8.92. The summed E-state index contributed by atoms with van der Waals surface area (Å²) in [7, 11) is 0. The number of likely N-dealkylation sites (tertiary alicyclic amines) is 1. The Morgan fingerprint density at radius 3 is 2.36 bits per heavy atom. The number of carbonyl (C=O) groups excluding carboxylic acids is 1. The minimum Gasteiger partial charge on any atom is -0.443 e. The summed E-state index contributed by atoms with van der Waals surface area (Å²) in [6.45, 7) is 8.95. The highest BCUT2D eigenvalue weighted by Gasteiger charge is 2.15. The molecule has 1 heterocycles. The van der Waals surface area contributed by atoms with Gasteiger partial charge in [0.2, 0.25) is 0 Å². The van der Waals surface area contributed by atoms with Crippen molar-refractivity contribution in [3.8, 4) is 0 Å². The normalized spacial score (nSPS) is 14.9. The Balaban J connectivity index is 0.000000225. The van der Waals surface area contributed by atoms with Gasteiger partial charge in [0.1, 0.15) is 17.8 Å². The van der Waals surface area contributed by atoms with Gasteiger partial charge in [-0.1, -0.05) is 30.3 Å². The Hall–Kier alpha value is -1.24. The van der Waals surface area contributed by atoms with E-state index in [0.717, 1.165) is 6.54 Å². The molecule has 0 spiro atoms. The van der Waals surface area contributed by atoms with E-state index < -0.39 is 11.7 Å². The fourth-order valence-corrected chi connectivity index (χ4v) is 2.23. The SMILES string of the molecule is CC(C)(C)OC(=O)NSO.c1ccc(CN2CCCC2)cc1. The number of hydrogen-bond acceptors (Lipinski definition) is 5. The third-order valence-corrected chi connectivity index (χ3v) is 3.23. The minimum absolute atomic E-state index is 0.226. The van der Waals surface area contributed by atoms with Crippen molar-refractivity contribution in [2.24, 2.45) is 0 Å². The zero-order valence-corrected chi connectivity index (χ0v) is 14.4. The second-order valence-electron chi connectivity index (χ2n) is 6.16. The molecule has 0 saturated carbocycles. The van der Waals surface area contributed by atoms with Crippen molar-refractivity contribution in [2.45, 2.75) is 45.8 Å². The van der Waals surface area contributed by atoms with E-state index in [9.17, 15) is 4.79 Å². The molecule has 1 aliphatic rings. The van der Waals surface area contributed by atoms with Gasteiger partial charge in [0.15, 0.2) is 0 Å². The number of nitrogens with zero attached hydrogens (tertiary/aromatic N) is 1. The van der Waals surface area contributed by atoms with Crippen molar-refractivity contribution < 1.29 is 14.1 Å². The van der Waals surface area contributed by atoms with E-state index in [1.54, 1.807) is 20.8 Å². The molecule has 0 radical (unpaired) electrons. The van der Waals surface area contributed by atoms with Crippen molar-refractivity contribution >= 4 is 18.3 Å². The molecule has 1 saturated heterocycles. The van der Waals surface area contributed by atoms with Crippen LogP contribution in [0.15, 0.2) is 30.3 Å². The Morgan fingerprint density at radius 1 is 1.27 bits per heavy atom. The van der Waals surface area contributed by atoms with E-state index in [0.29, 0.717) is 0 Å². The summed E-state index contributed by atoms with van der Waals surface area (Å²) in [5.41, 5.74) is 0.930. The molecule has 0 bridgehead atoms. The smallest absolute Gasteiger partial charge is 0.419 e. The lowest BCUT2D eigenvalue weighted by Crippen LogP contribution is -2.28. The molecule has 1 amide bonds. The molecule has 2 N–H and O–H groups in total. The summed E-state index contributed by atoms with van der Waals surface area (Å²) in [4.78, 5) is 13.1. The molecule has 6 heteroatoms. The highest BCUT2D eigenvalue weighted by molar-refractivity contribution is 7.92. The maximum absolute atomic E-state index is 10.5. The average Bonchev–Trinajstić information content (AvgIpc) is 2.92. The van der Waals surface area contributed by atoms with Crippen molar-refractivity contribution in [2.75, 3.05) is 13.1 Å². The fraction of sp³-hybridized carbons (Fsp3) is 0.562. The standard InChI is InChI=1S/C11H15N.C5H11NO3S/c1-2-6-11(7-3-1)10-12-8-4-5-9-12;1-5(2,3)9-4(7)6-10-8/h1-3,6-7H,4-5,8-10H2;8H,1-3H3,(H,6,7). The molecular formula is C16H26N2O3S. The molecule has 0 aliphatic carbocycles. The predicted octanol–water partition coefficient (Wildman–Crippen LogP) is 3.91. The topological polar surface area (TPSA) is 61.8 Å². The largest absolute Gasteiger partial charge is 0.443 e. The molecule has 0 atom stereocenters. The number of rotatable bonds is 3. The number of benzene rings is 1. The van der Waals surface area contributed by atoms with Crippen LogP contribution in [-0.4, -0.2) is 34.2 Å². The van der Waals surface area contributed by atoms with Crippen LogP contribution in [0.25, 0.3) is 0 Å². The number of amides is 1. The Morgan fingerprint density at radius 2 is 1.86 bits per heavy atom. The third-order valence-electron chi connectivity index (χ3n) is 2.98. The molecule has 5 nitrogen and oxygen atoms in total. The Kier molecular flexibility index (Phi) is 8.30. The molecule has 22 heavy (non-hydrogen) atoms. The fourth-order valence-electron chi connectivity index (χ4n) is 2.12. The van der Waals surface area contributed by atoms with Crippen LogP contribution in [0.4, 0.5) is 4.79 Å². The molecule has 1 aliphatic heterocycles. The lowest BCUT2D eigenvalue weighted by atomic mass is 10.2. The van der Waals surface area contributed by atoms with E-state index in [1.807, 2.05) is 4.72 Å². The van der Waals surface area contributed by atoms with Crippen LogP contribution in [-0.2, 0) is 11.3 Å². The average molecular weight is 326 g/mol. The first-order valence-corrected chi connectivity index (χ1v) is 8.24. The van der Waals surface area contributed by atoms with Crippen molar-refractivity contribution in [3.63, 3.8) is 0 Å². The van der Waals surface area contributed by atoms with Gasteiger partial charge in [-0.25, -0.2) is 9.52 Å². The van der Waals surface area contributed by atoms with Crippen LogP contribution in [0.3, 0.4) is 0 Å².